The third-order valence-corrected chi connectivity index (χ3v) is 13.3. The van der Waals surface area contributed by atoms with Crippen LogP contribution in [0.4, 0.5) is 9.59 Å². The predicted molar refractivity (Wildman–Crippen MR) is 229 cm³/mol. The lowest BCUT2D eigenvalue weighted by Gasteiger charge is -2.43. The monoisotopic (exact) mass is 819 g/mol. The smallest absolute Gasteiger partial charge is 0.407 e. The Balaban J connectivity index is 0.990. The van der Waals surface area contributed by atoms with Crippen molar-refractivity contribution in [3.8, 4) is 11.3 Å². The van der Waals surface area contributed by atoms with Gasteiger partial charge in [0.15, 0.2) is 0 Å². The van der Waals surface area contributed by atoms with Crippen LogP contribution < -0.4 is 16.0 Å². The summed E-state index contributed by atoms with van der Waals surface area (Å²) in [6, 6.07) is 16.0. The highest BCUT2D eigenvalue weighted by atomic mass is 16.5. The number of ether oxygens (including phenoxy) is 1. The van der Waals surface area contributed by atoms with E-state index in [2.05, 4.69) is 64.0 Å². The van der Waals surface area contributed by atoms with Crippen molar-refractivity contribution in [2.24, 2.45) is 5.92 Å². The van der Waals surface area contributed by atoms with Gasteiger partial charge in [0.1, 0.15) is 23.7 Å². The van der Waals surface area contributed by atoms with Crippen LogP contribution in [0.2, 0.25) is 0 Å². The van der Waals surface area contributed by atoms with E-state index in [9.17, 15) is 19.2 Å². The molecule has 320 valence electrons. The molecule has 0 unspecified atom stereocenters. The molecular weight excluding hydrogens is 759 g/mol. The fourth-order valence-corrected chi connectivity index (χ4v) is 9.38. The zero-order chi connectivity index (χ0) is 42.6. The van der Waals surface area contributed by atoms with Crippen LogP contribution in [0.3, 0.4) is 0 Å². The first-order valence-corrected chi connectivity index (χ1v) is 21.6. The van der Waals surface area contributed by atoms with Crippen LogP contribution in [0, 0.1) is 5.92 Å². The average molecular weight is 820 g/mol. The van der Waals surface area contributed by atoms with Gasteiger partial charge in [-0.25, -0.2) is 19.6 Å². The number of imidazole rings is 2. The zero-order valence-electron chi connectivity index (χ0n) is 35.8. The van der Waals surface area contributed by atoms with Crippen LogP contribution in [0.5, 0.6) is 0 Å². The van der Waals surface area contributed by atoms with Gasteiger partial charge in [-0.3, -0.25) is 9.59 Å². The number of aromatic amines is 2. The van der Waals surface area contributed by atoms with Gasteiger partial charge in [0.05, 0.1) is 31.1 Å². The third kappa shape index (κ3) is 8.78. The number of carbonyl (C=O) groups excluding carboxylic acids is 4. The van der Waals surface area contributed by atoms with E-state index in [1.54, 1.807) is 0 Å². The van der Waals surface area contributed by atoms with Gasteiger partial charge in [0, 0.05) is 36.9 Å². The van der Waals surface area contributed by atoms with Crippen molar-refractivity contribution in [3.05, 3.63) is 95.5 Å². The fraction of sp³-hybridized carbons (Fsp3) is 0.522. The lowest BCUT2D eigenvalue weighted by molar-refractivity contribution is -0.135. The lowest BCUT2D eigenvalue weighted by Crippen LogP contribution is -2.51. The summed E-state index contributed by atoms with van der Waals surface area (Å²) in [6.07, 6.45) is 10.5. The van der Waals surface area contributed by atoms with Crippen molar-refractivity contribution in [3.63, 3.8) is 0 Å². The minimum atomic E-state index is -0.797. The molecule has 60 heavy (non-hydrogen) atoms. The number of hydrogen-bond acceptors (Lipinski definition) is 7. The highest BCUT2D eigenvalue weighted by Crippen LogP contribution is 2.48. The largest absolute Gasteiger partial charge is 0.453 e. The maximum Gasteiger partial charge on any atom is 0.407 e. The second-order valence-electron chi connectivity index (χ2n) is 17.6. The Bertz CT molecular complexity index is 2120. The molecule has 0 bridgehead atoms. The molecule has 2 aromatic heterocycles. The van der Waals surface area contributed by atoms with Crippen molar-refractivity contribution in [2.45, 2.75) is 121 Å². The van der Waals surface area contributed by atoms with Gasteiger partial charge >= 0.3 is 12.1 Å². The first-order valence-electron chi connectivity index (χ1n) is 21.6. The van der Waals surface area contributed by atoms with Gasteiger partial charge in [0.2, 0.25) is 11.8 Å². The van der Waals surface area contributed by atoms with Crippen molar-refractivity contribution in [1.82, 2.24) is 45.7 Å². The molecular formula is C46H61N9O5. The number of amides is 5. The van der Waals surface area contributed by atoms with E-state index in [-0.39, 0.29) is 46.7 Å². The summed E-state index contributed by atoms with van der Waals surface area (Å²) in [5.41, 5.74) is 5.01. The molecule has 5 N–H and O–H groups in total. The Morgan fingerprint density at radius 3 is 2.02 bits per heavy atom. The third-order valence-electron chi connectivity index (χ3n) is 13.3. The molecule has 1 aliphatic carbocycles. The Labute approximate surface area is 353 Å². The van der Waals surface area contributed by atoms with E-state index in [1.165, 1.54) is 12.7 Å². The van der Waals surface area contributed by atoms with Gasteiger partial charge in [-0.2, -0.15) is 0 Å². The number of nitrogens with one attached hydrogen (secondary N) is 5. The quantitative estimate of drug-likeness (QED) is 0.0992. The summed E-state index contributed by atoms with van der Waals surface area (Å²) in [7, 11) is 1.30. The van der Waals surface area contributed by atoms with Crippen molar-refractivity contribution >= 4 is 23.9 Å². The molecule has 1 saturated carbocycles. The second-order valence-corrected chi connectivity index (χ2v) is 17.6. The Morgan fingerprint density at radius 1 is 0.800 bits per heavy atom. The molecule has 7 rings (SSSR count). The highest BCUT2D eigenvalue weighted by Gasteiger charge is 2.42. The predicted octanol–water partition coefficient (Wildman–Crippen LogP) is 7.36. The highest BCUT2D eigenvalue weighted by molar-refractivity contribution is 5.89. The molecule has 2 aromatic carbocycles. The molecule has 4 aromatic rings. The Morgan fingerprint density at radius 2 is 1.40 bits per heavy atom. The zero-order valence-corrected chi connectivity index (χ0v) is 35.8. The van der Waals surface area contributed by atoms with Gasteiger partial charge in [0.25, 0.3) is 0 Å². The molecule has 2 aliphatic heterocycles. The Kier molecular flexibility index (Phi) is 12.7. The van der Waals surface area contributed by atoms with Crippen molar-refractivity contribution in [2.75, 3.05) is 26.7 Å². The number of H-pyrrole nitrogens is 2. The average Bonchev–Trinajstić information content (AvgIpc) is 4.10. The molecule has 0 spiro atoms. The number of methoxy groups -OCH3 is 1. The van der Waals surface area contributed by atoms with Crippen LogP contribution in [-0.2, 0) is 25.2 Å². The second kappa shape index (κ2) is 17.9. The number of rotatable bonds is 12. The summed E-state index contributed by atoms with van der Waals surface area (Å²) in [5, 5.41) is 8.38. The maximum atomic E-state index is 14.1. The van der Waals surface area contributed by atoms with E-state index in [4.69, 9.17) is 14.7 Å². The minimum Gasteiger partial charge on any atom is -0.453 e. The summed E-state index contributed by atoms with van der Waals surface area (Å²) in [4.78, 5) is 72.8. The van der Waals surface area contributed by atoms with Crippen LogP contribution in [0.25, 0.3) is 11.3 Å². The standard InChI is InChI=1S/C46H61N9O5/c1-7-47-43(58)52-38(31-13-9-8-10-14-31)42(57)55-26-12-16-35(55)40-49-28-36(51-40)46(5)23-21-45(4,22-24-46)32-19-17-30(18-20-32)33-27-48-39(50-33)34-15-11-25-54(34)41(56)37(29(2)3)53-44(59)60-6/h8-10,13-14,17-20,27-29,34-35,37-38H,7,11-12,15-16,21-26H2,1-6H3,(H,48,50)(H,49,51)(H,53,59)(H2,47,52,58)/t34-,35-,37-,38+,45?,46?/m0/s1. The molecule has 2 saturated heterocycles. The number of nitrogens with zero attached hydrogens (tertiary/aromatic N) is 4. The van der Waals surface area contributed by atoms with Crippen molar-refractivity contribution < 1.29 is 23.9 Å². The number of hydrogen-bond donors (Lipinski definition) is 5. The van der Waals surface area contributed by atoms with Gasteiger partial charge in [-0.1, -0.05) is 82.3 Å². The van der Waals surface area contributed by atoms with E-state index < -0.39 is 18.2 Å². The molecule has 3 fully saturated rings. The van der Waals surface area contributed by atoms with Crippen molar-refractivity contribution in [1.29, 1.82) is 0 Å². The summed E-state index contributed by atoms with van der Waals surface area (Å²) in [6.45, 7) is 12.0. The fourth-order valence-electron chi connectivity index (χ4n) is 9.38. The number of aromatic nitrogens is 4. The molecule has 3 aliphatic rings. The molecule has 14 nitrogen and oxygen atoms in total. The molecule has 0 radical (unpaired) electrons. The van der Waals surface area contributed by atoms with E-state index in [0.29, 0.717) is 19.6 Å². The van der Waals surface area contributed by atoms with Gasteiger partial charge in [-0.05, 0) is 86.3 Å². The molecule has 14 heteroatoms. The van der Waals surface area contributed by atoms with Gasteiger partial charge < -0.3 is 40.5 Å². The SMILES string of the molecule is CCNC(=O)N[C@@H](C(=O)N1CCC[C@H]1c1ncc(C2(C)CCC(C)(c3ccc(-c4cnc([C@@H]5CCCN5C(=O)[C@@H](NC(=O)OC)C(C)C)[nH]4)cc3)CC2)[nH]1)c1ccccc1. The van der Waals surface area contributed by atoms with Crippen LogP contribution in [0.1, 0.15) is 133 Å². The maximum absolute atomic E-state index is 14.1. The van der Waals surface area contributed by atoms with Crippen LogP contribution in [-0.4, -0.2) is 86.5 Å². The van der Waals surface area contributed by atoms with E-state index in [0.717, 1.165) is 85.5 Å². The Hall–Kier alpha value is -5.66. The molecule has 4 heterocycles. The summed E-state index contributed by atoms with van der Waals surface area (Å²) < 4.78 is 4.78. The van der Waals surface area contributed by atoms with E-state index in [1.807, 2.05) is 73.3 Å². The number of urea groups is 1. The lowest BCUT2D eigenvalue weighted by atomic mass is 9.62. The molecule has 4 atom stereocenters. The number of carbonyl (C=O) groups is 4. The summed E-state index contributed by atoms with van der Waals surface area (Å²) in [5.74, 6) is 1.19. The first kappa shape index (κ1) is 42.5. The van der Waals surface area contributed by atoms with E-state index >= 15 is 0 Å². The minimum absolute atomic E-state index is 0.00806. The van der Waals surface area contributed by atoms with Crippen LogP contribution in [0.15, 0.2) is 67.0 Å². The molecule has 5 amide bonds. The topological polar surface area (TPSA) is 177 Å². The van der Waals surface area contributed by atoms with Gasteiger partial charge in [-0.15, -0.1) is 0 Å². The van der Waals surface area contributed by atoms with Crippen LogP contribution >= 0.6 is 0 Å². The number of benzene rings is 2. The number of alkyl carbamates (subject to hydrolysis) is 1. The normalized spacial score (nSPS) is 23.9. The summed E-state index contributed by atoms with van der Waals surface area (Å²) >= 11 is 0. The first-order chi connectivity index (χ1) is 28.8. The number of likely N-dealkylation sites (tertiary alicyclic amines) is 2.